The van der Waals surface area contributed by atoms with E-state index in [9.17, 15) is 10.1 Å². The molecule has 0 radical (unpaired) electrons. The van der Waals surface area contributed by atoms with Crippen LogP contribution in [0.4, 0.5) is 17.1 Å². The fourth-order valence-electron chi connectivity index (χ4n) is 2.39. The lowest BCUT2D eigenvalue weighted by atomic mass is 10.1. The first-order valence-electron chi connectivity index (χ1n) is 6.66. The Kier molecular flexibility index (Phi) is 4.41. The fraction of sp³-hybridized carbons (Fsp3) is 0.538. The van der Waals surface area contributed by atoms with Gasteiger partial charge in [0, 0.05) is 37.9 Å². The second-order valence-electron chi connectivity index (χ2n) is 5.25. The molecule has 3 N–H and O–H groups in total. The van der Waals surface area contributed by atoms with E-state index in [4.69, 9.17) is 5.73 Å². The first-order valence-corrected chi connectivity index (χ1v) is 6.66. The molecule has 0 aliphatic carbocycles. The number of likely N-dealkylation sites (N-methyl/N-ethyl adjacent to an activating group) is 1. The van der Waals surface area contributed by atoms with Crippen molar-refractivity contribution in [3.8, 4) is 0 Å². The summed E-state index contributed by atoms with van der Waals surface area (Å²) in [7, 11) is 2.10. The number of hydrogen-bond acceptors (Lipinski definition) is 6. The zero-order valence-electron chi connectivity index (χ0n) is 11.9. The highest BCUT2D eigenvalue weighted by atomic mass is 16.6. The van der Waals surface area contributed by atoms with Crippen LogP contribution >= 0.6 is 0 Å². The summed E-state index contributed by atoms with van der Waals surface area (Å²) >= 11 is 0. The number of nitrogens with zero attached hydrogens (tertiary/aromatic N) is 3. The van der Waals surface area contributed by atoms with Crippen molar-refractivity contribution in [1.82, 2.24) is 9.80 Å². The SMILES string of the molecule is Cc1cc(N)c([N+](=O)[O-])cc1NCCN1CCN(C)C1. The Morgan fingerprint density at radius 1 is 1.45 bits per heavy atom. The van der Waals surface area contributed by atoms with Gasteiger partial charge in [-0.15, -0.1) is 0 Å². The van der Waals surface area contributed by atoms with Gasteiger partial charge in [0.1, 0.15) is 5.69 Å². The highest BCUT2D eigenvalue weighted by molar-refractivity contribution is 5.69. The summed E-state index contributed by atoms with van der Waals surface area (Å²) in [6, 6.07) is 3.16. The molecule has 0 unspecified atom stereocenters. The van der Waals surface area contributed by atoms with E-state index in [1.54, 1.807) is 6.07 Å². The average molecular weight is 279 g/mol. The minimum Gasteiger partial charge on any atom is -0.393 e. The highest BCUT2D eigenvalue weighted by Gasteiger charge is 2.17. The van der Waals surface area contributed by atoms with Crippen molar-refractivity contribution in [3.05, 3.63) is 27.8 Å². The van der Waals surface area contributed by atoms with Crippen molar-refractivity contribution >= 4 is 17.1 Å². The minimum atomic E-state index is -0.449. The molecular formula is C13H21N5O2. The number of nitro groups is 1. The van der Waals surface area contributed by atoms with Gasteiger partial charge in [-0.3, -0.25) is 19.9 Å². The second-order valence-corrected chi connectivity index (χ2v) is 5.25. The van der Waals surface area contributed by atoms with E-state index < -0.39 is 4.92 Å². The Balaban J connectivity index is 1.95. The second kappa shape index (κ2) is 6.06. The van der Waals surface area contributed by atoms with Gasteiger partial charge in [-0.2, -0.15) is 0 Å². The molecule has 1 aromatic rings. The summed E-state index contributed by atoms with van der Waals surface area (Å²) in [5.41, 5.74) is 7.52. The molecule has 20 heavy (non-hydrogen) atoms. The van der Waals surface area contributed by atoms with Crippen molar-refractivity contribution in [2.45, 2.75) is 6.92 Å². The van der Waals surface area contributed by atoms with Gasteiger partial charge in [0.15, 0.2) is 0 Å². The van der Waals surface area contributed by atoms with E-state index in [0.29, 0.717) is 0 Å². The predicted molar refractivity (Wildman–Crippen MR) is 79.8 cm³/mol. The molecule has 110 valence electrons. The molecule has 0 amide bonds. The predicted octanol–water partition coefficient (Wildman–Crippen LogP) is 1.10. The number of hydrogen-bond donors (Lipinski definition) is 2. The zero-order chi connectivity index (χ0) is 14.7. The van der Waals surface area contributed by atoms with Crippen LogP contribution in [0.2, 0.25) is 0 Å². The smallest absolute Gasteiger partial charge is 0.294 e. The van der Waals surface area contributed by atoms with Gasteiger partial charge < -0.3 is 11.1 Å². The third kappa shape index (κ3) is 3.37. The van der Waals surface area contributed by atoms with E-state index in [1.165, 1.54) is 6.07 Å². The Hall–Kier alpha value is -1.86. The van der Waals surface area contributed by atoms with Crippen LogP contribution in [0.3, 0.4) is 0 Å². The van der Waals surface area contributed by atoms with Gasteiger partial charge in [0.05, 0.1) is 11.6 Å². The summed E-state index contributed by atoms with van der Waals surface area (Å²) < 4.78 is 0. The molecular weight excluding hydrogens is 258 g/mol. The van der Waals surface area contributed by atoms with Crippen LogP contribution in [-0.2, 0) is 0 Å². The van der Waals surface area contributed by atoms with E-state index in [2.05, 4.69) is 22.2 Å². The fourth-order valence-corrected chi connectivity index (χ4v) is 2.39. The summed E-state index contributed by atoms with van der Waals surface area (Å²) in [4.78, 5) is 15.0. The van der Waals surface area contributed by atoms with E-state index in [-0.39, 0.29) is 11.4 Å². The van der Waals surface area contributed by atoms with Gasteiger partial charge >= 0.3 is 0 Å². The largest absolute Gasteiger partial charge is 0.393 e. The van der Waals surface area contributed by atoms with E-state index in [1.807, 2.05) is 6.92 Å². The Labute approximate surface area is 118 Å². The Morgan fingerprint density at radius 3 is 2.80 bits per heavy atom. The van der Waals surface area contributed by atoms with Crippen LogP contribution in [0, 0.1) is 17.0 Å². The number of rotatable bonds is 5. The lowest BCUT2D eigenvalue weighted by molar-refractivity contribution is -0.383. The Morgan fingerprint density at radius 2 is 2.20 bits per heavy atom. The van der Waals surface area contributed by atoms with Crippen LogP contribution < -0.4 is 11.1 Å². The first kappa shape index (κ1) is 14.5. The monoisotopic (exact) mass is 279 g/mol. The number of benzene rings is 1. The Bertz CT molecular complexity index is 506. The maximum atomic E-state index is 10.9. The normalized spacial score (nSPS) is 16.5. The van der Waals surface area contributed by atoms with Crippen molar-refractivity contribution in [2.75, 3.05) is 50.9 Å². The molecule has 0 bridgehead atoms. The van der Waals surface area contributed by atoms with Crippen LogP contribution in [-0.4, -0.2) is 54.6 Å². The van der Waals surface area contributed by atoms with Gasteiger partial charge in [-0.25, -0.2) is 0 Å². The van der Waals surface area contributed by atoms with E-state index >= 15 is 0 Å². The van der Waals surface area contributed by atoms with Crippen molar-refractivity contribution in [3.63, 3.8) is 0 Å². The third-order valence-corrected chi connectivity index (χ3v) is 3.55. The molecule has 2 rings (SSSR count). The zero-order valence-corrected chi connectivity index (χ0v) is 11.9. The summed E-state index contributed by atoms with van der Waals surface area (Å²) in [6.45, 7) is 6.71. The molecule has 0 aromatic heterocycles. The number of aryl methyl sites for hydroxylation is 1. The number of nitrogens with two attached hydrogens (primary N) is 1. The molecule has 1 aliphatic heterocycles. The quantitative estimate of drug-likeness (QED) is 0.477. The standard InChI is InChI=1S/C13H21N5O2/c1-10-7-11(14)13(18(19)20)8-12(10)15-3-4-17-6-5-16(2)9-17/h7-8,15H,3-6,9,14H2,1-2H3. The molecule has 0 spiro atoms. The first-order chi connectivity index (χ1) is 9.47. The van der Waals surface area contributed by atoms with Gasteiger partial charge in [0.2, 0.25) is 0 Å². The van der Waals surface area contributed by atoms with Gasteiger partial charge in [0.25, 0.3) is 5.69 Å². The molecule has 1 aromatic carbocycles. The molecule has 1 aliphatic rings. The molecule has 1 heterocycles. The highest BCUT2D eigenvalue weighted by Crippen LogP contribution is 2.28. The molecule has 1 saturated heterocycles. The summed E-state index contributed by atoms with van der Waals surface area (Å²) in [5.74, 6) is 0. The third-order valence-electron chi connectivity index (χ3n) is 3.55. The topological polar surface area (TPSA) is 87.7 Å². The van der Waals surface area contributed by atoms with Gasteiger partial charge in [-0.05, 0) is 25.6 Å². The number of nitrogens with one attached hydrogen (secondary N) is 1. The molecule has 1 fully saturated rings. The van der Waals surface area contributed by atoms with E-state index in [0.717, 1.165) is 44.1 Å². The molecule has 7 heteroatoms. The molecule has 0 saturated carbocycles. The number of nitrogen functional groups attached to an aromatic ring is 1. The number of nitro benzene ring substituents is 1. The lowest BCUT2D eigenvalue weighted by Gasteiger charge is -2.17. The van der Waals surface area contributed by atoms with Crippen molar-refractivity contribution in [1.29, 1.82) is 0 Å². The minimum absolute atomic E-state index is 0.0426. The van der Waals surface area contributed by atoms with Crippen molar-refractivity contribution in [2.24, 2.45) is 0 Å². The molecule has 0 atom stereocenters. The molecule has 7 nitrogen and oxygen atoms in total. The average Bonchev–Trinajstić information content (AvgIpc) is 2.77. The van der Waals surface area contributed by atoms with Crippen LogP contribution in [0.1, 0.15) is 5.56 Å². The van der Waals surface area contributed by atoms with Crippen LogP contribution in [0.5, 0.6) is 0 Å². The summed E-state index contributed by atoms with van der Waals surface area (Å²) in [5, 5.41) is 14.1. The van der Waals surface area contributed by atoms with Crippen molar-refractivity contribution < 1.29 is 4.92 Å². The maximum absolute atomic E-state index is 10.9. The van der Waals surface area contributed by atoms with Gasteiger partial charge in [-0.1, -0.05) is 0 Å². The van der Waals surface area contributed by atoms with Crippen LogP contribution in [0.15, 0.2) is 12.1 Å². The lowest BCUT2D eigenvalue weighted by Crippen LogP contribution is -2.28. The summed E-state index contributed by atoms with van der Waals surface area (Å²) in [6.07, 6.45) is 0. The van der Waals surface area contributed by atoms with Crippen LogP contribution in [0.25, 0.3) is 0 Å². The maximum Gasteiger partial charge on any atom is 0.294 e. The number of anilines is 2.